The fourth-order valence-corrected chi connectivity index (χ4v) is 4.59. The van der Waals surface area contributed by atoms with Gasteiger partial charge < -0.3 is 14.5 Å². The predicted molar refractivity (Wildman–Crippen MR) is 111 cm³/mol. The van der Waals surface area contributed by atoms with Crippen molar-refractivity contribution in [3.05, 3.63) is 52.6 Å². The van der Waals surface area contributed by atoms with E-state index >= 15 is 0 Å². The van der Waals surface area contributed by atoms with Crippen molar-refractivity contribution < 1.29 is 18.1 Å². The molecule has 0 aromatic heterocycles. The first-order valence-corrected chi connectivity index (χ1v) is 10.8. The molecule has 2 aromatic rings. The second-order valence-corrected chi connectivity index (χ2v) is 8.29. The summed E-state index contributed by atoms with van der Waals surface area (Å²) >= 11 is 0. The highest BCUT2D eigenvalue weighted by atomic mass is 32.2. The van der Waals surface area contributed by atoms with Gasteiger partial charge in [0.05, 0.1) is 23.4 Å². The molecule has 2 aromatic carbocycles. The molecule has 1 aliphatic heterocycles. The number of likely N-dealkylation sites (N-methyl/N-ethyl adjacent to an activating group) is 1. The lowest BCUT2D eigenvalue weighted by Crippen LogP contribution is -2.46. The number of hydrogen-bond donors (Lipinski definition) is 1. The highest BCUT2D eigenvalue weighted by Crippen LogP contribution is 2.33. The van der Waals surface area contributed by atoms with Crippen molar-refractivity contribution in [3.63, 3.8) is 0 Å². The molecule has 1 saturated heterocycles. The third-order valence-electron chi connectivity index (χ3n) is 4.96. The molecule has 0 radical (unpaired) electrons. The SMILES string of the molecule is CCN1CCN(c2ccccc2NS(=O)(=O)c2cc([N+](=O)[O-])ccc2OC)CC1. The Bertz CT molecular complexity index is 988. The van der Waals surface area contributed by atoms with Crippen molar-refractivity contribution in [1.82, 2.24) is 4.90 Å². The molecule has 0 spiro atoms. The van der Waals surface area contributed by atoms with Gasteiger partial charge >= 0.3 is 0 Å². The Labute approximate surface area is 170 Å². The molecule has 29 heavy (non-hydrogen) atoms. The Morgan fingerprint density at radius 2 is 1.83 bits per heavy atom. The molecule has 10 heteroatoms. The number of anilines is 2. The van der Waals surface area contributed by atoms with E-state index in [1.807, 2.05) is 12.1 Å². The number of nitro benzene ring substituents is 1. The van der Waals surface area contributed by atoms with Crippen LogP contribution in [-0.4, -0.2) is 58.1 Å². The number of rotatable bonds is 7. The smallest absolute Gasteiger partial charge is 0.271 e. The molecule has 9 nitrogen and oxygen atoms in total. The van der Waals surface area contributed by atoms with Gasteiger partial charge in [0, 0.05) is 38.3 Å². The third kappa shape index (κ3) is 4.60. The summed E-state index contributed by atoms with van der Waals surface area (Å²) in [6.07, 6.45) is 0. The van der Waals surface area contributed by atoms with E-state index in [0.717, 1.165) is 44.5 Å². The standard InChI is InChI=1S/C19H24N4O5S/c1-3-21-10-12-22(13-11-21)17-7-5-4-6-16(17)20-29(26,27)19-14-15(23(24)25)8-9-18(19)28-2/h4-9,14,20H,3,10-13H2,1-2H3. The lowest BCUT2D eigenvalue weighted by Gasteiger charge is -2.36. The van der Waals surface area contributed by atoms with Crippen LogP contribution in [0, 0.1) is 10.1 Å². The fourth-order valence-electron chi connectivity index (χ4n) is 3.33. The monoisotopic (exact) mass is 420 g/mol. The minimum absolute atomic E-state index is 0.0390. The number of nitro groups is 1. The summed E-state index contributed by atoms with van der Waals surface area (Å²) in [6.45, 7) is 6.46. The summed E-state index contributed by atoms with van der Waals surface area (Å²) in [7, 11) is -2.78. The number of benzene rings is 2. The Morgan fingerprint density at radius 1 is 1.14 bits per heavy atom. The number of methoxy groups -OCH3 is 1. The number of hydrogen-bond acceptors (Lipinski definition) is 7. The van der Waals surface area contributed by atoms with Crippen LogP contribution in [0.5, 0.6) is 5.75 Å². The van der Waals surface area contributed by atoms with Gasteiger partial charge in [-0.15, -0.1) is 0 Å². The van der Waals surface area contributed by atoms with E-state index in [0.29, 0.717) is 5.69 Å². The molecule has 1 N–H and O–H groups in total. The molecule has 0 aliphatic carbocycles. The van der Waals surface area contributed by atoms with Gasteiger partial charge in [-0.2, -0.15) is 0 Å². The van der Waals surface area contributed by atoms with Crippen molar-refractivity contribution >= 4 is 27.1 Å². The van der Waals surface area contributed by atoms with E-state index in [-0.39, 0.29) is 16.3 Å². The van der Waals surface area contributed by atoms with Gasteiger partial charge in [-0.05, 0) is 24.7 Å². The minimum Gasteiger partial charge on any atom is -0.495 e. The maximum atomic E-state index is 13.0. The Balaban J connectivity index is 1.92. The lowest BCUT2D eigenvalue weighted by molar-refractivity contribution is -0.385. The van der Waals surface area contributed by atoms with E-state index in [1.165, 1.54) is 19.2 Å². The average molecular weight is 420 g/mol. The zero-order valence-electron chi connectivity index (χ0n) is 16.4. The number of nitrogens with zero attached hydrogens (tertiary/aromatic N) is 3. The van der Waals surface area contributed by atoms with Gasteiger partial charge in [0.15, 0.2) is 0 Å². The first-order valence-electron chi connectivity index (χ1n) is 9.27. The zero-order chi connectivity index (χ0) is 21.0. The van der Waals surface area contributed by atoms with Crippen LogP contribution in [0.15, 0.2) is 47.4 Å². The summed E-state index contributed by atoms with van der Waals surface area (Å²) < 4.78 is 33.8. The summed E-state index contributed by atoms with van der Waals surface area (Å²) in [5, 5.41) is 11.1. The van der Waals surface area contributed by atoms with Crippen LogP contribution >= 0.6 is 0 Å². The largest absolute Gasteiger partial charge is 0.495 e. The number of para-hydroxylation sites is 2. The van der Waals surface area contributed by atoms with Crippen LogP contribution in [0.1, 0.15) is 6.92 Å². The molecule has 3 rings (SSSR count). The normalized spacial score (nSPS) is 15.2. The molecule has 1 aliphatic rings. The second-order valence-electron chi connectivity index (χ2n) is 6.64. The van der Waals surface area contributed by atoms with Gasteiger partial charge in [-0.3, -0.25) is 14.8 Å². The highest BCUT2D eigenvalue weighted by molar-refractivity contribution is 7.92. The average Bonchev–Trinajstić information content (AvgIpc) is 2.73. The van der Waals surface area contributed by atoms with Gasteiger partial charge in [0.25, 0.3) is 15.7 Å². The van der Waals surface area contributed by atoms with Crippen molar-refractivity contribution in [3.8, 4) is 5.75 Å². The van der Waals surface area contributed by atoms with Crippen molar-refractivity contribution in [1.29, 1.82) is 0 Å². The number of sulfonamides is 1. The van der Waals surface area contributed by atoms with Crippen molar-refractivity contribution in [2.75, 3.05) is 49.5 Å². The molecule has 1 fully saturated rings. The quantitative estimate of drug-likeness (QED) is 0.542. The molecule has 0 atom stereocenters. The molecule has 0 unspecified atom stereocenters. The molecular formula is C19H24N4O5S. The topological polar surface area (TPSA) is 105 Å². The molecular weight excluding hydrogens is 396 g/mol. The highest BCUT2D eigenvalue weighted by Gasteiger charge is 2.25. The van der Waals surface area contributed by atoms with Crippen LogP contribution in [0.2, 0.25) is 0 Å². The molecule has 1 heterocycles. The van der Waals surface area contributed by atoms with E-state index in [4.69, 9.17) is 4.74 Å². The Morgan fingerprint density at radius 3 is 2.45 bits per heavy atom. The van der Waals surface area contributed by atoms with E-state index in [1.54, 1.807) is 12.1 Å². The van der Waals surface area contributed by atoms with E-state index in [9.17, 15) is 18.5 Å². The van der Waals surface area contributed by atoms with Crippen molar-refractivity contribution in [2.24, 2.45) is 0 Å². The summed E-state index contributed by atoms with van der Waals surface area (Å²) in [5.41, 5.74) is 0.873. The van der Waals surface area contributed by atoms with Gasteiger partial charge in [0.1, 0.15) is 10.6 Å². The van der Waals surface area contributed by atoms with E-state index in [2.05, 4.69) is 21.4 Å². The predicted octanol–water partition coefficient (Wildman–Crippen LogP) is 2.55. The summed E-state index contributed by atoms with van der Waals surface area (Å²) in [6, 6.07) is 10.6. The third-order valence-corrected chi connectivity index (χ3v) is 6.34. The van der Waals surface area contributed by atoms with Crippen LogP contribution in [0.25, 0.3) is 0 Å². The number of non-ortho nitro benzene ring substituents is 1. The van der Waals surface area contributed by atoms with E-state index < -0.39 is 14.9 Å². The van der Waals surface area contributed by atoms with Crippen LogP contribution in [0.3, 0.4) is 0 Å². The fraction of sp³-hybridized carbons (Fsp3) is 0.368. The van der Waals surface area contributed by atoms with Gasteiger partial charge in [-0.25, -0.2) is 8.42 Å². The number of piperazine rings is 1. The zero-order valence-corrected chi connectivity index (χ0v) is 17.2. The number of ether oxygens (including phenoxy) is 1. The van der Waals surface area contributed by atoms with Crippen LogP contribution in [0.4, 0.5) is 17.1 Å². The molecule has 0 bridgehead atoms. The first-order chi connectivity index (χ1) is 13.9. The van der Waals surface area contributed by atoms with Crippen LogP contribution in [-0.2, 0) is 10.0 Å². The molecule has 156 valence electrons. The first kappa shape index (κ1) is 20.9. The summed E-state index contributed by atoms with van der Waals surface area (Å²) in [5.74, 6) is 0.0390. The lowest BCUT2D eigenvalue weighted by atomic mass is 10.2. The Hall–Kier alpha value is -2.85. The van der Waals surface area contributed by atoms with Gasteiger partial charge in [-0.1, -0.05) is 19.1 Å². The maximum absolute atomic E-state index is 13.0. The summed E-state index contributed by atoms with van der Waals surface area (Å²) in [4.78, 5) is 14.6. The van der Waals surface area contributed by atoms with Crippen molar-refractivity contribution in [2.45, 2.75) is 11.8 Å². The number of nitrogens with one attached hydrogen (secondary N) is 1. The Kier molecular flexibility index (Phi) is 6.23. The molecule has 0 amide bonds. The maximum Gasteiger partial charge on any atom is 0.271 e. The molecule has 0 saturated carbocycles. The van der Waals surface area contributed by atoms with Crippen LogP contribution < -0.4 is 14.4 Å². The second kappa shape index (κ2) is 8.66. The minimum atomic E-state index is -4.11. The van der Waals surface area contributed by atoms with Gasteiger partial charge in [0.2, 0.25) is 0 Å².